The van der Waals surface area contributed by atoms with Crippen molar-refractivity contribution in [2.24, 2.45) is 5.92 Å². The first-order chi connectivity index (χ1) is 12.6. The fraction of sp³-hybridized carbons (Fsp3) is 0.600. The van der Waals surface area contributed by atoms with Crippen molar-refractivity contribution in [1.82, 2.24) is 10.2 Å². The topological polar surface area (TPSA) is 61.4 Å². The molecule has 5 nitrogen and oxygen atoms in total. The van der Waals surface area contributed by atoms with Crippen LogP contribution in [0.4, 0.5) is 5.69 Å². The predicted molar refractivity (Wildman–Crippen MR) is 115 cm³/mol. The maximum absolute atomic E-state index is 12.8. The number of amides is 2. The average molecular weight is 412 g/mol. The van der Waals surface area contributed by atoms with Crippen molar-refractivity contribution >= 4 is 41.7 Å². The summed E-state index contributed by atoms with van der Waals surface area (Å²) in [4.78, 5) is 27.1. The van der Waals surface area contributed by atoms with E-state index in [4.69, 9.17) is 0 Å². The van der Waals surface area contributed by atoms with Crippen molar-refractivity contribution in [3.05, 3.63) is 29.3 Å². The van der Waals surface area contributed by atoms with E-state index in [0.29, 0.717) is 17.9 Å². The van der Waals surface area contributed by atoms with Crippen LogP contribution in [0.3, 0.4) is 0 Å². The van der Waals surface area contributed by atoms with Gasteiger partial charge in [0.1, 0.15) is 0 Å². The van der Waals surface area contributed by atoms with E-state index in [0.717, 1.165) is 68.2 Å². The average Bonchev–Trinajstić information content (AvgIpc) is 2.69. The van der Waals surface area contributed by atoms with Gasteiger partial charge in [-0.3, -0.25) is 9.59 Å². The van der Waals surface area contributed by atoms with Crippen LogP contribution in [0.2, 0.25) is 0 Å². The largest absolute Gasteiger partial charge is 0.337 e. The van der Waals surface area contributed by atoms with Crippen molar-refractivity contribution in [2.75, 3.05) is 43.0 Å². The highest BCUT2D eigenvalue weighted by Crippen LogP contribution is 2.23. The molecule has 2 saturated heterocycles. The van der Waals surface area contributed by atoms with E-state index in [1.807, 2.05) is 41.8 Å². The third-order valence-corrected chi connectivity index (χ3v) is 6.32. The molecule has 0 bridgehead atoms. The van der Waals surface area contributed by atoms with Crippen LogP contribution >= 0.6 is 24.2 Å². The molecule has 150 valence electrons. The number of piperidine rings is 1. The second-order valence-electron chi connectivity index (χ2n) is 7.16. The van der Waals surface area contributed by atoms with E-state index in [2.05, 4.69) is 10.6 Å². The number of halogens is 1. The quantitative estimate of drug-likeness (QED) is 0.780. The van der Waals surface area contributed by atoms with Crippen molar-refractivity contribution in [2.45, 2.75) is 32.6 Å². The molecule has 2 amide bonds. The lowest BCUT2D eigenvalue weighted by Crippen LogP contribution is -2.38. The van der Waals surface area contributed by atoms with Crippen LogP contribution in [0.5, 0.6) is 0 Å². The Kier molecular flexibility index (Phi) is 8.93. The second kappa shape index (κ2) is 10.9. The van der Waals surface area contributed by atoms with Gasteiger partial charge in [0, 0.05) is 42.3 Å². The number of nitrogens with zero attached hydrogens (tertiary/aromatic N) is 1. The first-order valence-corrected chi connectivity index (χ1v) is 10.8. The summed E-state index contributed by atoms with van der Waals surface area (Å²) >= 11 is 1.89. The summed E-state index contributed by atoms with van der Waals surface area (Å²) in [6.45, 7) is 5.65. The molecule has 0 saturated carbocycles. The molecular weight excluding hydrogens is 382 g/mol. The zero-order valence-electron chi connectivity index (χ0n) is 16.0. The van der Waals surface area contributed by atoms with Gasteiger partial charge in [0.25, 0.3) is 5.91 Å². The first-order valence-electron chi connectivity index (χ1n) is 9.62. The van der Waals surface area contributed by atoms with Gasteiger partial charge >= 0.3 is 0 Å². The molecule has 0 aromatic heterocycles. The number of anilines is 1. The summed E-state index contributed by atoms with van der Waals surface area (Å²) in [6.07, 6.45) is 3.80. The Morgan fingerprint density at radius 3 is 2.63 bits per heavy atom. The molecule has 2 aliphatic heterocycles. The normalized spacial score (nSPS) is 17.9. The van der Waals surface area contributed by atoms with E-state index in [9.17, 15) is 9.59 Å². The molecule has 0 spiro atoms. The van der Waals surface area contributed by atoms with Gasteiger partial charge in [-0.25, -0.2) is 0 Å². The molecule has 1 aromatic rings. The smallest absolute Gasteiger partial charge is 0.254 e. The van der Waals surface area contributed by atoms with E-state index < -0.39 is 0 Å². The standard InChI is InChI=1S/C20H29N3O2S.ClH/c1-15-17(20(25)23-11-13-26-14-12-23)3-2-4-18(15)22-19(24)6-5-16-7-9-21-10-8-16;/h2-4,16,21H,5-14H2,1H3,(H,22,24);1H. The van der Waals surface area contributed by atoms with Gasteiger partial charge < -0.3 is 15.5 Å². The van der Waals surface area contributed by atoms with Crippen LogP contribution in [0, 0.1) is 12.8 Å². The van der Waals surface area contributed by atoms with E-state index in [-0.39, 0.29) is 24.2 Å². The van der Waals surface area contributed by atoms with Gasteiger partial charge in [0.05, 0.1) is 0 Å². The van der Waals surface area contributed by atoms with Gasteiger partial charge in [0.2, 0.25) is 5.91 Å². The minimum absolute atomic E-state index is 0. The lowest BCUT2D eigenvalue weighted by Gasteiger charge is -2.27. The molecule has 2 heterocycles. The lowest BCUT2D eigenvalue weighted by atomic mass is 9.93. The van der Waals surface area contributed by atoms with Crippen molar-refractivity contribution in [3.63, 3.8) is 0 Å². The SMILES string of the molecule is Cc1c(NC(=O)CCC2CCNCC2)cccc1C(=O)N1CCSCC1.Cl. The molecule has 0 radical (unpaired) electrons. The van der Waals surface area contributed by atoms with Gasteiger partial charge in [-0.1, -0.05) is 6.07 Å². The van der Waals surface area contributed by atoms with Gasteiger partial charge in [-0.05, 0) is 62.9 Å². The van der Waals surface area contributed by atoms with Crippen LogP contribution in [0.15, 0.2) is 18.2 Å². The highest BCUT2D eigenvalue weighted by atomic mass is 35.5. The second-order valence-corrected chi connectivity index (χ2v) is 8.39. The number of nitrogens with one attached hydrogen (secondary N) is 2. The summed E-state index contributed by atoms with van der Waals surface area (Å²) in [5.41, 5.74) is 2.33. The van der Waals surface area contributed by atoms with E-state index >= 15 is 0 Å². The van der Waals surface area contributed by atoms with Crippen molar-refractivity contribution in [1.29, 1.82) is 0 Å². The van der Waals surface area contributed by atoms with Gasteiger partial charge in [-0.15, -0.1) is 12.4 Å². The summed E-state index contributed by atoms with van der Waals surface area (Å²) in [5.74, 6) is 2.77. The van der Waals surface area contributed by atoms with Crippen molar-refractivity contribution < 1.29 is 9.59 Å². The maximum atomic E-state index is 12.8. The first kappa shape index (κ1) is 22.1. The molecular formula is C20H30ClN3O2S. The Morgan fingerprint density at radius 1 is 1.22 bits per heavy atom. The number of hydrogen-bond donors (Lipinski definition) is 2. The maximum Gasteiger partial charge on any atom is 0.254 e. The van der Waals surface area contributed by atoms with Crippen LogP contribution < -0.4 is 10.6 Å². The molecule has 2 fully saturated rings. The summed E-state index contributed by atoms with van der Waals surface area (Å²) < 4.78 is 0. The third kappa shape index (κ3) is 6.13. The third-order valence-electron chi connectivity index (χ3n) is 5.37. The highest BCUT2D eigenvalue weighted by Gasteiger charge is 2.21. The zero-order chi connectivity index (χ0) is 18.4. The molecule has 0 unspecified atom stereocenters. The molecule has 2 N–H and O–H groups in total. The minimum atomic E-state index is 0. The number of thioether (sulfide) groups is 1. The molecule has 0 aliphatic carbocycles. The van der Waals surface area contributed by atoms with Crippen molar-refractivity contribution in [3.8, 4) is 0 Å². The summed E-state index contributed by atoms with van der Waals surface area (Å²) in [7, 11) is 0. The fourth-order valence-electron chi connectivity index (χ4n) is 3.66. The number of rotatable bonds is 5. The molecule has 3 rings (SSSR count). The number of hydrogen-bond acceptors (Lipinski definition) is 4. The van der Waals surface area contributed by atoms with E-state index in [1.165, 1.54) is 0 Å². The van der Waals surface area contributed by atoms with Crippen LogP contribution in [-0.4, -0.2) is 54.4 Å². The Hall–Kier alpha value is -1.24. The number of carbonyl (C=O) groups is 2. The highest BCUT2D eigenvalue weighted by molar-refractivity contribution is 7.99. The Labute approximate surface area is 172 Å². The van der Waals surface area contributed by atoms with Crippen LogP contribution in [0.25, 0.3) is 0 Å². The van der Waals surface area contributed by atoms with Gasteiger partial charge in [0.15, 0.2) is 0 Å². The fourth-order valence-corrected chi connectivity index (χ4v) is 4.56. The zero-order valence-corrected chi connectivity index (χ0v) is 17.6. The van der Waals surface area contributed by atoms with E-state index in [1.54, 1.807) is 0 Å². The Morgan fingerprint density at radius 2 is 1.93 bits per heavy atom. The number of benzene rings is 1. The van der Waals surface area contributed by atoms with Crippen LogP contribution in [0.1, 0.15) is 41.6 Å². The minimum Gasteiger partial charge on any atom is -0.337 e. The Bertz CT molecular complexity index is 644. The monoisotopic (exact) mass is 411 g/mol. The molecule has 0 atom stereocenters. The lowest BCUT2D eigenvalue weighted by molar-refractivity contribution is -0.116. The Balaban J connectivity index is 0.00000261. The number of carbonyl (C=O) groups excluding carboxylic acids is 2. The summed E-state index contributed by atoms with van der Waals surface area (Å²) in [6, 6.07) is 5.62. The molecule has 27 heavy (non-hydrogen) atoms. The molecule has 1 aromatic carbocycles. The molecule has 7 heteroatoms. The van der Waals surface area contributed by atoms with Crippen LogP contribution in [-0.2, 0) is 4.79 Å². The summed E-state index contributed by atoms with van der Waals surface area (Å²) in [5, 5.41) is 6.37. The predicted octanol–water partition coefficient (Wildman–Crippen LogP) is 3.32. The molecule has 2 aliphatic rings. The van der Waals surface area contributed by atoms with Gasteiger partial charge in [-0.2, -0.15) is 11.8 Å².